The molecule has 0 amide bonds. The molecule has 1 heterocycles. The molecule has 0 atom stereocenters. The molecule has 0 bridgehead atoms. The van der Waals surface area contributed by atoms with E-state index >= 15 is 0 Å². The monoisotopic (exact) mass is 276 g/mol. The van der Waals surface area contributed by atoms with Crippen molar-refractivity contribution in [3.8, 4) is 0 Å². The Kier molecular flexibility index (Phi) is 4.20. The number of rotatable bonds is 4. The van der Waals surface area contributed by atoms with E-state index in [0.29, 0.717) is 17.3 Å². The number of halogens is 1. The zero-order chi connectivity index (χ0) is 13.7. The highest BCUT2D eigenvalue weighted by molar-refractivity contribution is 6.33. The molecule has 0 fully saturated rings. The van der Waals surface area contributed by atoms with Crippen LogP contribution in [0, 0.1) is 0 Å². The molecule has 6 heteroatoms. The zero-order valence-electron chi connectivity index (χ0n) is 10.0. The Labute approximate surface area is 115 Å². The molecule has 0 aliphatic heterocycles. The maximum Gasteiger partial charge on any atom is 0.188 e. The number of aromatic nitrogens is 1. The van der Waals surface area contributed by atoms with Gasteiger partial charge in [-0.2, -0.15) is 0 Å². The lowest BCUT2D eigenvalue weighted by atomic mass is 10.2. The van der Waals surface area contributed by atoms with Gasteiger partial charge in [0.15, 0.2) is 5.84 Å². The summed E-state index contributed by atoms with van der Waals surface area (Å²) >= 11 is 6.05. The largest absolute Gasteiger partial charge is 0.409 e. The molecule has 0 saturated heterocycles. The number of oxime groups is 1. The molecule has 1 aromatic heterocycles. The fraction of sp³-hybridized carbons (Fsp3) is 0.0769. The van der Waals surface area contributed by atoms with E-state index in [0.717, 1.165) is 11.3 Å². The molecular weight excluding hydrogens is 264 g/mol. The third-order valence-corrected chi connectivity index (χ3v) is 2.88. The fourth-order valence-corrected chi connectivity index (χ4v) is 1.78. The molecular formula is C13H13ClN4O. The summed E-state index contributed by atoms with van der Waals surface area (Å²) in [4.78, 5) is 4.01. The molecule has 0 spiro atoms. The molecule has 19 heavy (non-hydrogen) atoms. The summed E-state index contributed by atoms with van der Waals surface area (Å²) in [5, 5.41) is 15.4. The summed E-state index contributed by atoms with van der Waals surface area (Å²) in [6.45, 7) is 0.567. The number of anilines is 1. The molecule has 4 N–H and O–H groups in total. The number of nitrogens with one attached hydrogen (secondary N) is 1. The summed E-state index contributed by atoms with van der Waals surface area (Å²) < 4.78 is 0. The summed E-state index contributed by atoms with van der Waals surface area (Å²) in [6.07, 6.45) is 1.61. The van der Waals surface area contributed by atoms with E-state index in [2.05, 4.69) is 15.5 Å². The van der Waals surface area contributed by atoms with Crippen molar-refractivity contribution in [3.05, 3.63) is 58.9 Å². The van der Waals surface area contributed by atoms with Gasteiger partial charge in [-0.15, -0.1) is 0 Å². The summed E-state index contributed by atoms with van der Waals surface area (Å²) in [5.74, 6) is -0.0143. The normalized spacial score (nSPS) is 11.3. The van der Waals surface area contributed by atoms with Crippen LogP contribution in [0.3, 0.4) is 0 Å². The molecule has 5 nitrogen and oxygen atoms in total. The maximum atomic E-state index is 8.61. The van der Waals surface area contributed by atoms with Crippen molar-refractivity contribution < 1.29 is 5.21 Å². The second-order valence-electron chi connectivity index (χ2n) is 3.87. The molecule has 0 aliphatic rings. The molecule has 0 aliphatic carbocycles. The summed E-state index contributed by atoms with van der Waals surface area (Å²) in [6, 6.07) is 11.1. The lowest BCUT2D eigenvalue weighted by molar-refractivity contribution is 0.318. The van der Waals surface area contributed by atoms with Crippen molar-refractivity contribution in [2.24, 2.45) is 10.9 Å². The van der Waals surface area contributed by atoms with E-state index in [-0.39, 0.29) is 5.84 Å². The number of hydrogen-bond donors (Lipinski definition) is 3. The first-order valence-corrected chi connectivity index (χ1v) is 5.99. The van der Waals surface area contributed by atoms with Crippen molar-refractivity contribution in [2.45, 2.75) is 6.54 Å². The van der Waals surface area contributed by atoms with Crippen LogP contribution in [0.15, 0.2) is 47.8 Å². The van der Waals surface area contributed by atoms with Crippen LogP contribution < -0.4 is 11.1 Å². The Morgan fingerprint density at radius 1 is 1.37 bits per heavy atom. The molecule has 1 aromatic carbocycles. The van der Waals surface area contributed by atoms with E-state index in [1.807, 2.05) is 30.3 Å². The predicted octanol–water partition coefficient (Wildman–Crippen LogP) is 2.44. The van der Waals surface area contributed by atoms with Gasteiger partial charge in [-0.05, 0) is 29.8 Å². The number of benzene rings is 1. The quantitative estimate of drug-likeness (QED) is 0.347. The Morgan fingerprint density at radius 2 is 2.16 bits per heavy atom. The molecule has 0 radical (unpaired) electrons. The van der Waals surface area contributed by atoms with Crippen molar-refractivity contribution in [3.63, 3.8) is 0 Å². The minimum absolute atomic E-state index is 0.0143. The molecule has 98 valence electrons. The molecule has 2 aromatic rings. The van der Waals surface area contributed by atoms with Crippen LogP contribution in [-0.2, 0) is 6.54 Å². The standard InChI is InChI=1S/C13H13ClN4O/c14-10-3-1-2-4-11(10)17-8-9-5-6-16-12(7-9)13(15)18-19/h1-7,17,19H,8H2,(H2,15,18). The van der Waals surface area contributed by atoms with Gasteiger partial charge in [-0.1, -0.05) is 28.9 Å². The third-order valence-electron chi connectivity index (χ3n) is 2.55. The smallest absolute Gasteiger partial charge is 0.188 e. The zero-order valence-corrected chi connectivity index (χ0v) is 10.8. The number of nitrogens with zero attached hydrogens (tertiary/aromatic N) is 2. The van der Waals surface area contributed by atoms with Crippen LogP contribution in [0.2, 0.25) is 5.02 Å². The van der Waals surface area contributed by atoms with Crippen molar-refractivity contribution in [1.82, 2.24) is 4.98 Å². The number of hydrogen-bond acceptors (Lipinski definition) is 4. The lowest BCUT2D eigenvalue weighted by Crippen LogP contribution is -2.15. The Bertz CT molecular complexity index is 601. The number of amidine groups is 1. The summed E-state index contributed by atoms with van der Waals surface area (Å²) in [7, 11) is 0. The first-order chi connectivity index (χ1) is 9.20. The van der Waals surface area contributed by atoms with E-state index in [9.17, 15) is 0 Å². The van der Waals surface area contributed by atoms with Gasteiger partial charge in [-0.3, -0.25) is 4.98 Å². The summed E-state index contributed by atoms with van der Waals surface area (Å²) in [5.41, 5.74) is 7.73. The van der Waals surface area contributed by atoms with E-state index in [4.69, 9.17) is 22.5 Å². The fourth-order valence-electron chi connectivity index (χ4n) is 1.58. The second kappa shape index (κ2) is 6.06. The van der Waals surface area contributed by atoms with Crippen molar-refractivity contribution >= 4 is 23.1 Å². The van der Waals surface area contributed by atoms with Crippen LogP contribution in [0.5, 0.6) is 0 Å². The van der Waals surface area contributed by atoms with Crippen molar-refractivity contribution in [1.29, 1.82) is 0 Å². The predicted molar refractivity (Wildman–Crippen MR) is 75.5 cm³/mol. The second-order valence-corrected chi connectivity index (χ2v) is 4.28. The number of nitrogens with two attached hydrogens (primary N) is 1. The topological polar surface area (TPSA) is 83.5 Å². The SMILES string of the molecule is NC(=NO)c1cc(CNc2ccccc2Cl)ccn1. The minimum Gasteiger partial charge on any atom is -0.409 e. The third kappa shape index (κ3) is 3.35. The van der Waals surface area contributed by atoms with E-state index in [1.165, 1.54) is 0 Å². The van der Waals surface area contributed by atoms with Gasteiger partial charge in [-0.25, -0.2) is 0 Å². The highest BCUT2D eigenvalue weighted by Gasteiger charge is 2.03. The van der Waals surface area contributed by atoms with Crippen LogP contribution in [0.4, 0.5) is 5.69 Å². The molecule has 0 saturated carbocycles. The first kappa shape index (κ1) is 13.2. The highest BCUT2D eigenvalue weighted by atomic mass is 35.5. The van der Waals surface area contributed by atoms with Gasteiger partial charge >= 0.3 is 0 Å². The van der Waals surface area contributed by atoms with Crippen LogP contribution in [-0.4, -0.2) is 16.0 Å². The van der Waals surface area contributed by atoms with Gasteiger partial charge in [0.25, 0.3) is 0 Å². The first-order valence-electron chi connectivity index (χ1n) is 5.62. The number of pyridine rings is 1. The number of para-hydroxylation sites is 1. The van der Waals surface area contributed by atoms with E-state index in [1.54, 1.807) is 12.3 Å². The van der Waals surface area contributed by atoms with Crippen LogP contribution >= 0.6 is 11.6 Å². The van der Waals surface area contributed by atoms with Crippen molar-refractivity contribution in [2.75, 3.05) is 5.32 Å². The Balaban J connectivity index is 2.10. The average molecular weight is 277 g/mol. The average Bonchev–Trinajstić information content (AvgIpc) is 2.46. The van der Waals surface area contributed by atoms with Gasteiger partial charge in [0.05, 0.1) is 10.7 Å². The van der Waals surface area contributed by atoms with E-state index < -0.39 is 0 Å². The lowest BCUT2D eigenvalue weighted by Gasteiger charge is -2.08. The highest BCUT2D eigenvalue weighted by Crippen LogP contribution is 2.21. The van der Waals surface area contributed by atoms with Crippen LogP contribution in [0.25, 0.3) is 0 Å². The molecule has 2 rings (SSSR count). The van der Waals surface area contributed by atoms with Crippen LogP contribution in [0.1, 0.15) is 11.3 Å². The Hall–Kier alpha value is -2.27. The Morgan fingerprint density at radius 3 is 2.89 bits per heavy atom. The molecule has 0 unspecified atom stereocenters. The van der Waals surface area contributed by atoms with Gasteiger partial charge < -0.3 is 16.3 Å². The van der Waals surface area contributed by atoms with Gasteiger partial charge in [0.1, 0.15) is 5.69 Å². The minimum atomic E-state index is -0.0143. The maximum absolute atomic E-state index is 8.61. The van der Waals surface area contributed by atoms with Gasteiger partial charge in [0.2, 0.25) is 0 Å². The van der Waals surface area contributed by atoms with Gasteiger partial charge in [0, 0.05) is 12.7 Å².